The van der Waals surface area contributed by atoms with E-state index < -0.39 is 77.4 Å². The smallest absolute Gasteiger partial charge is 0.323 e. The Morgan fingerprint density at radius 3 is 1.06 bits per heavy atom. The van der Waals surface area contributed by atoms with E-state index in [0.717, 1.165) is 33.0 Å². The first-order chi connectivity index (χ1) is 59.4. The highest BCUT2D eigenvalue weighted by Gasteiger charge is 2.24. The number of hydrazone groups is 1. The van der Waals surface area contributed by atoms with Crippen LogP contribution in [0.3, 0.4) is 0 Å². The van der Waals surface area contributed by atoms with Crippen molar-refractivity contribution in [3.05, 3.63) is 223 Å². The molecule has 2 heterocycles. The highest BCUT2D eigenvalue weighted by Crippen LogP contribution is 2.24. The Labute approximate surface area is 768 Å². The third-order valence-corrected chi connectivity index (χ3v) is 25.9. The zero-order valence-electron chi connectivity index (χ0n) is 74.0. The van der Waals surface area contributed by atoms with Gasteiger partial charge in [0.05, 0.1) is 53.6 Å². The largest absolute Gasteiger partial charge is 0.480 e. The van der Waals surface area contributed by atoms with Crippen molar-refractivity contribution in [2.75, 3.05) is 12.5 Å². The third-order valence-electron chi connectivity index (χ3n) is 18.6. The Hall–Kier alpha value is -8.21. The molecule has 126 heavy (non-hydrogen) atoms. The molecule has 0 amide bonds. The van der Waals surface area contributed by atoms with Gasteiger partial charge in [-0.1, -0.05) is 150 Å². The number of carbonyl (C=O) groups is 1. The fraction of sp³-hybridized carbons (Fsp3) is 0.372. The van der Waals surface area contributed by atoms with E-state index in [0.29, 0.717) is 82.9 Å². The van der Waals surface area contributed by atoms with Crippen LogP contribution in [-0.2, 0) is 98.2 Å². The van der Waals surface area contributed by atoms with Gasteiger partial charge in [-0.2, -0.15) is 62.3 Å². The molecule has 10 N–H and O–H groups in total. The standard InChI is InChI=1S/C19H21N5O4S2.C19H23N5O2S2.C18H23N3O4S2.C13H19NO2S.C12H19NO3S.C5H13N.ClH/c1-12(2)17(19(25)26)22-28-30(27)16-10-4-13(5-11-16)18-20-23-24(21-18)14-6-8-15(29-3)9-7-14;1-13(2)14(3)22-26-28(25)18-11-5-15(6-12-18)19-20-23-24(21-19)16-7-9-17(27-4)10-8-16;1-14(2)15(3)20-25-26(22)17-11-9-16(10-12-17)13-19-21-27(23,24)18-7-5-4-6-8-18;1-5-12-6-8-13(9-7-12)17(15)16-14-11(4)10(2)3;1-9(2)10(3)13-16-17(15)12-6-4-11(8-14)5-7-12;1-4(2)5(3)6;/h4-12,17,22H,1-3H3,(H,25,26);5-14,22H,1-4H3;4-15,20-21H,1-3H3;5-11,14H,1H2,2-4H3;4-7,9-10,13-14H,8H2,1-3H3;4-5H,6H2,1-3H3;1H/b;;19-13+;;;;. The van der Waals surface area contributed by atoms with E-state index in [9.17, 15) is 34.3 Å². The van der Waals surface area contributed by atoms with Crippen LogP contribution in [0.2, 0.25) is 0 Å². The SMILES string of the molecule is C=Cc1ccc(S(=O)ONC(C)C(C)C)cc1.CC(C)C(C)N.CC(C)C(C)NOS(=O)c1ccc(/C=N/NS(=O)(=O)c2ccccc2)cc1.CC(C)C(C)NOS(=O)c1ccc(CO)cc1.CSc1ccc(-n2nnc(-c3ccc(S(=O)ONC(C(=O)O)C(C)C)cc3)n2)cc1.CSc1ccc(-n2nnc(-c3ccc(S(=O)ONC(C)C(C)C)cc3)n2)cc1.Cl. The predicted molar refractivity (Wildman–Crippen MR) is 505 cm³/mol. The molecule has 0 radical (unpaired) electrons. The lowest BCUT2D eigenvalue weighted by molar-refractivity contribution is -0.143. The highest BCUT2D eigenvalue weighted by atomic mass is 35.5. The molecule has 31 nitrogen and oxygen atoms in total. The Morgan fingerprint density at radius 1 is 0.460 bits per heavy atom. The molecule has 0 fully saturated rings. The van der Waals surface area contributed by atoms with Crippen LogP contribution in [0.5, 0.6) is 0 Å². The van der Waals surface area contributed by atoms with Gasteiger partial charge in [-0.15, -0.1) is 65.9 Å². The number of aliphatic hydroxyl groups excluding tert-OH is 1. The van der Waals surface area contributed by atoms with Gasteiger partial charge in [0.15, 0.2) is 0 Å². The van der Waals surface area contributed by atoms with Crippen LogP contribution in [0.1, 0.15) is 134 Å². The van der Waals surface area contributed by atoms with Gasteiger partial charge >= 0.3 is 5.97 Å². The monoisotopic (exact) mass is 1910 g/mol. The summed E-state index contributed by atoms with van der Waals surface area (Å²) in [6.07, 6.45) is 7.15. The number of aromatic nitrogens is 8. The highest BCUT2D eigenvalue weighted by molar-refractivity contribution is 7.98. The lowest BCUT2D eigenvalue weighted by atomic mass is 10.1. The molecule has 0 saturated carbocycles. The minimum absolute atomic E-state index is 0. The number of nitrogens with one attached hydrogen (secondary N) is 6. The molecule has 40 heteroatoms. The van der Waals surface area contributed by atoms with E-state index >= 15 is 0 Å². The van der Waals surface area contributed by atoms with Gasteiger partial charge in [-0.05, 0) is 255 Å². The van der Waals surface area contributed by atoms with E-state index in [1.54, 1.807) is 171 Å². The molecular weight excluding hydrogens is 1790 g/mol. The van der Waals surface area contributed by atoms with Crippen LogP contribution in [0.25, 0.3) is 40.2 Å². The first-order valence-electron chi connectivity index (χ1n) is 39.8. The van der Waals surface area contributed by atoms with Crippen molar-refractivity contribution in [1.29, 1.82) is 0 Å². The first kappa shape index (κ1) is 110. The normalized spacial score (nSPS) is 14.0. The summed E-state index contributed by atoms with van der Waals surface area (Å²) in [5, 5.41) is 47.0. The van der Waals surface area contributed by atoms with Gasteiger partial charge in [0, 0.05) is 51.1 Å². The molecule has 0 aliphatic carbocycles. The summed E-state index contributed by atoms with van der Waals surface area (Å²) < 4.78 is 110. The van der Waals surface area contributed by atoms with Crippen molar-refractivity contribution in [2.24, 2.45) is 46.3 Å². The second-order valence-electron chi connectivity index (χ2n) is 30.0. The van der Waals surface area contributed by atoms with E-state index in [2.05, 4.69) is 130 Å². The average molecular weight is 1910 g/mol. The number of nitrogens with two attached hydrogens (primary N) is 1. The maximum absolute atomic E-state index is 12.3. The van der Waals surface area contributed by atoms with Crippen LogP contribution in [0, 0.1) is 35.5 Å². The summed E-state index contributed by atoms with van der Waals surface area (Å²) in [5.74, 6) is 1.81. The Bertz CT molecular complexity index is 5110. The molecule has 11 atom stereocenters. The zero-order valence-corrected chi connectivity index (χ0v) is 81.4. The average Bonchev–Trinajstić information content (AvgIpc) is 1.67. The van der Waals surface area contributed by atoms with Crippen molar-refractivity contribution < 1.29 is 65.9 Å². The number of aliphatic hydroxyl groups is 1. The van der Waals surface area contributed by atoms with Gasteiger partial charge in [-0.25, -0.2) is 25.9 Å². The summed E-state index contributed by atoms with van der Waals surface area (Å²) in [5.41, 5.74) is 24.5. The van der Waals surface area contributed by atoms with Crippen molar-refractivity contribution in [1.82, 2.24) is 72.6 Å². The van der Waals surface area contributed by atoms with Crippen LogP contribution < -0.4 is 38.0 Å². The van der Waals surface area contributed by atoms with E-state index in [1.165, 1.54) is 32.8 Å². The van der Waals surface area contributed by atoms with Crippen LogP contribution in [0.4, 0.5) is 0 Å². The van der Waals surface area contributed by atoms with Crippen molar-refractivity contribution in [2.45, 2.75) is 200 Å². The molecule has 10 aromatic rings. The molecule has 0 saturated heterocycles. The number of halogens is 1. The Morgan fingerprint density at radius 2 is 0.770 bits per heavy atom. The summed E-state index contributed by atoms with van der Waals surface area (Å²) in [6.45, 7) is 37.7. The maximum atomic E-state index is 12.3. The summed E-state index contributed by atoms with van der Waals surface area (Å²) in [6, 6.07) is 57.9. The summed E-state index contributed by atoms with van der Waals surface area (Å²) in [4.78, 5) is 21.3. The van der Waals surface area contributed by atoms with Crippen LogP contribution >= 0.6 is 35.9 Å². The fourth-order valence-electron chi connectivity index (χ4n) is 8.48. The van der Waals surface area contributed by atoms with Gasteiger partial charge in [0.25, 0.3) is 10.0 Å². The third kappa shape index (κ3) is 39.0. The number of aliphatic carboxylic acids is 1. The number of benzene rings is 8. The molecule has 0 bridgehead atoms. The molecule has 0 aliphatic heterocycles. The predicted octanol–water partition coefficient (Wildman–Crippen LogP) is 15.0. The number of rotatable bonds is 39. The number of carboxylic acids is 1. The Balaban J connectivity index is 0.000000329. The quantitative estimate of drug-likeness (QED) is 0.00981. The zero-order chi connectivity index (χ0) is 92.5. The molecule has 11 unspecified atom stereocenters. The molecule has 0 spiro atoms. The number of sulfonamides is 1. The second kappa shape index (κ2) is 57.7. The molecular formula is C86H119ClN16O15S8. The maximum Gasteiger partial charge on any atom is 0.323 e. The molecule has 2 aromatic heterocycles. The summed E-state index contributed by atoms with van der Waals surface area (Å²) in [7, 11) is -3.70. The topological polar surface area (TPSA) is 421 Å². The van der Waals surface area contributed by atoms with Crippen LogP contribution in [-0.4, -0.2) is 141 Å². The van der Waals surface area contributed by atoms with Crippen molar-refractivity contribution in [3.8, 4) is 34.2 Å². The number of thioether (sulfide) groups is 2. The van der Waals surface area contributed by atoms with E-state index in [-0.39, 0.29) is 54.0 Å². The van der Waals surface area contributed by atoms with Crippen molar-refractivity contribution >= 4 is 120 Å². The minimum atomic E-state index is -3.70. The lowest BCUT2D eigenvalue weighted by Crippen LogP contribution is -2.41. The van der Waals surface area contributed by atoms with Gasteiger partial charge in [0.2, 0.25) is 67.1 Å². The number of hydrogen-bond donors (Lipinski definition) is 9. The molecule has 8 aromatic carbocycles. The first-order valence-corrected chi connectivity index (χ1v) is 49.1. The number of nitrogens with zero attached hydrogens (tertiary/aromatic N) is 9. The summed E-state index contributed by atoms with van der Waals surface area (Å²) >= 11 is -4.76. The Kier molecular flexibility index (Phi) is 50.4. The molecule has 688 valence electrons. The number of hydroxylamine groups is 5. The fourth-order valence-corrected chi connectivity index (χ4v) is 13.5. The lowest BCUT2D eigenvalue weighted by Gasteiger charge is -2.16. The number of hydrogen-bond acceptors (Lipinski definition) is 29. The number of carboxylic acid groups (broad SMARTS) is 1. The number of tetrazole rings is 2. The van der Waals surface area contributed by atoms with Crippen molar-refractivity contribution in [3.63, 3.8) is 0 Å². The molecule has 10 rings (SSSR count). The molecule has 0 aliphatic rings. The van der Waals surface area contributed by atoms with Crippen LogP contribution in [0.15, 0.2) is 251 Å². The van der Waals surface area contributed by atoms with E-state index in [1.807, 2.05) is 122 Å². The van der Waals surface area contributed by atoms with Gasteiger partial charge in [-0.3, -0.25) is 4.79 Å². The second-order valence-corrected chi connectivity index (χ2v) is 39.0. The van der Waals surface area contributed by atoms with Gasteiger partial charge in [0.1, 0.15) is 6.04 Å². The van der Waals surface area contributed by atoms with E-state index in [4.69, 9.17) is 37.4 Å². The minimum Gasteiger partial charge on any atom is -0.480 e. The van der Waals surface area contributed by atoms with Gasteiger partial charge < -0.3 is 15.9 Å².